The number of hydrogen-bond acceptors (Lipinski definition) is 2. The first-order valence-electron chi connectivity index (χ1n) is 4.13. The van der Waals surface area contributed by atoms with Gasteiger partial charge in [0.25, 0.3) is 0 Å². The molecule has 0 aliphatic carbocycles. The van der Waals surface area contributed by atoms with Gasteiger partial charge in [0.2, 0.25) is 0 Å². The summed E-state index contributed by atoms with van der Waals surface area (Å²) in [5, 5.41) is 7.03. The first-order valence-corrected chi connectivity index (χ1v) is 4.13. The molecule has 1 aromatic carbocycles. The highest BCUT2D eigenvalue weighted by Gasteiger charge is 2.29. The summed E-state index contributed by atoms with van der Waals surface area (Å²) in [7, 11) is 0. The Morgan fingerprint density at radius 1 is 1.38 bits per heavy atom. The highest BCUT2D eigenvalue weighted by molar-refractivity contribution is 5.97. The number of ether oxygens (including phenoxy) is 1. The molecule has 1 aromatic rings. The molecule has 0 aliphatic heterocycles. The van der Waals surface area contributed by atoms with Crippen LogP contribution in [0.15, 0.2) is 18.2 Å². The average Bonchev–Trinajstić information content (AvgIpc) is 2.12. The molecule has 0 amide bonds. The molecule has 3 N–H and O–H groups in total. The lowest BCUT2D eigenvalue weighted by Crippen LogP contribution is -2.22. The molecule has 0 spiro atoms. The van der Waals surface area contributed by atoms with E-state index in [1.807, 2.05) is 0 Å². The predicted octanol–water partition coefficient (Wildman–Crippen LogP) is 2.05. The number of rotatable bonds is 3. The molecule has 1 rings (SSSR count). The van der Waals surface area contributed by atoms with E-state index in [1.54, 1.807) is 0 Å². The van der Waals surface area contributed by atoms with E-state index in [9.17, 15) is 17.6 Å². The summed E-state index contributed by atoms with van der Waals surface area (Å²) in [6.45, 7) is -1.56. The molecule has 0 unspecified atom stereocenters. The van der Waals surface area contributed by atoms with Gasteiger partial charge < -0.3 is 10.5 Å². The maximum atomic E-state index is 13.1. The minimum Gasteiger partial charge on any atom is -0.483 e. The van der Waals surface area contributed by atoms with Gasteiger partial charge in [-0.05, 0) is 12.1 Å². The SMILES string of the molecule is N=C(N)c1c(F)cccc1OCC(F)(F)F. The molecule has 0 atom stereocenters. The molecule has 0 heterocycles. The fourth-order valence-electron chi connectivity index (χ4n) is 1.05. The van der Waals surface area contributed by atoms with Crippen LogP contribution in [0.5, 0.6) is 5.75 Å². The lowest BCUT2D eigenvalue weighted by Gasteiger charge is -2.12. The van der Waals surface area contributed by atoms with E-state index in [2.05, 4.69) is 4.74 Å². The van der Waals surface area contributed by atoms with E-state index in [1.165, 1.54) is 6.07 Å². The summed E-state index contributed by atoms with van der Waals surface area (Å²) in [5.74, 6) is -1.98. The van der Waals surface area contributed by atoms with Crippen LogP contribution >= 0.6 is 0 Å². The Bertz CT molecular complexity index is 403. The number of nitrogen functional groups attached to an aromatic ring is 1. The van der Waals surface area contributed by atoms with Crippen LogP contribution in [0, 0.1) is 11.2 Å². The van der Waals surface area contributed by atoms with Gasteiger partial charge in [0.05, 0.1) is 5.56 Å². The Morgan fingerprint density at radius 3 is 2.50 bits per heavy atom. The first kappa shape index (κ1) is 12.3. The van der Waals surface area contributed by atoms with Crippen LogP contribution in [-0.4, -0.2) is 18.6 Å². The Balaban J connectivity index is 2.96. The van der Waals surface area contributed by atoms with Crippen LogP contribution in [0.2, 0.25) is 0 Å². The molecule has 0 bridgehead atoms. The van der Waals surface area contributed by atoms with Crippen molar-refractivity contribution >= 4 is 5.84 Å². The standard InChI is InChI=1S/C9H8F4N2O/c10-5-2-1-3-6(7(5)8(14)15)16-4-9(11,12)13/h1-3H,4H2,(H3,14,15). The van der Waals surface area contributed by atoms with E-state index in [4.69, 9.17) is 11.1 Å². The quantitative estimate of drug-likeness (QED) is 0.479. The Hall–Kier alpha value is -1.79. The monoisotopic (exact) mass is 236 g/mol. The molecule has 0 saturated carbocycles. The zero-order chi connectivity index (χ0) is 12.3. The van der Waals surface area contributed by atoms with Crippen molar-refractivity contribution in [2.75, 3.05) is 6.61 Å². The third-order valence-corrected chi connectivity index (χ3v) is 1.64. The number of alkyl halides is 3. The minimum absolute atomic E-state index is 0.398. The highest BCUT2D eigenvalue weighted by atomic mass is 19.4. The Labute approximate surface area is 88.3 Å². The lowest BCUT2D eigenvalue weighted by molar-refractivity contribution is -0.153. The fourth-order valence-corrected chi connectivity index (χ4v) is 1.05. The van der Waals surface area contributed by atoms with Crippen molar-refractivity contribution in [2.24, 2.45) is 5.73 Å². The normalized spacial score (nSPS) is 11.2. The van der Waals surface area contributed by atoms with Crippen molar-refractivity contribution in [2.45, 2.75) is 6.18 Å². The van der Waals surface area contributed by atoms with Gasteiger partial charge in [-0.2, -0.15) is 13.2 Å². The van der Waals surface area contributed by atoms with E-state index >= 15 is 0 Å². The first-order chi connectivity index (χ1) is 7.31. The minimum atomic E-state index is -4.53. The molecule has 7 heteroatoms. The Kier molecular flexibility index (Phi) is 3.36. The van der Waals surface area contributed by atoms with Gasteiger partial charge in [-0.1, -0.05) is 6.07 Å². The summed E-state index contributed by atoms with van der Waals surface area (Å²) < 4.78 is 53.1. The van der Waals surface area contributed by atoms with Crippen LogP contribution in [0.25, 0.3) is 0 Å². The van der Waals surface area contributed by atoms with Gasteiger partial charge in [0.1, 0.15) is 17.4 Å². The van der Waals surface area contributed by atoms with Crippen LogP contribution in [0.1, 0.15) is 5.56 Å². The Morgan fingerprint density at radius 2 is 2.00 bits per heavy atom. The second-order valence-corrected chi connectivity index (χ2v) is 2.93. The summed E-state index contributed by atoms with van der Waals surface area (Å²) in [5.41, 5.74) is 4.57. The molecule has 3 nitrogen and oxygen atoms in total. The number of halogens is 4. The molecular weight excluding hydrogens is 228 g/mol. The second kappa shape index (κ2) is 4.38. The summed E-state index contributed by atoms with van der Waals surface area (Å²) >= 11 is 0. The number of nitrogens with one attached hydrogen (secondary N) is 1. The number of amidine groups is 1. The van der Waals surface area contributed by atoms with Crippen molar-refractivity contribution < 1.29 is 22.3 Å². The third kappa shape index (κ3) is 3.11. The number of nitrogens with two attached hydrogens (primary N) is 1. The van der Waals surface area contributed by atoms with Gasteiger partial charge in [0, 0.05) is 0 Å². The largest absolute Gasteiger partial charge is 0.483 e. The molecule has 16 heavy (non-hydrogen) atoms. The number of benzene rings is 1. The van der Waals surface area contributed by atoms with Gasteiger partial charge in [-0.3, -0.25) is 5.41 Å². The molecular formula is C9H8F4N2O. The predicted molar refractivity (Wildman–Crippen MR) is 49.0 cm³/mol. The zero-order valence-corrected chi connectivity index (χ0v) is 7.94. The molecule has 0 fully saturated rings. The van der Waals surface area contributed by atoms with Crippen LogP contribution in [0.4, 0.5) is 17.6 Å². The van der Waals surface area contributed by atoms with Gasteiger partial charge in [-0.15, -0.1) is 0 Å². The lowest BCUT2D eigenvalue weighted by atomic mass is 10.1. The van der Waals surface area contributed by atoms with E-state index in [0.29, 0.717) is 0 Å². The molecule has 88 valence electrons. The van der Waals surface area contributed by atoms with Gasteiger partial charge in [0.15, 0.2) is 6.61 Å². The van der Waals surface area contributed by atoms with Crippen molar-refractivity contribution in [1.82, 2.24) is 0 Å². The van der Waals surface area contributed by atoms with Crippen molar-refractivity contribution in [1.29, 1.82) is 5.41 Å². The van der Waals surface area contributed by atoms with Crippen LogP contribution in [-0.2, 0) is 0 Å². The molecule has 0 radical (unpaired) electrons. The zero-order valence-electron chi connectivity index (χ0n) is 7.94. The topological polar surface area (TPSA) is 59.1 Å². The van der Waals surface area contributed by atoms with E-state index < -0.39 is 35.7 Å². The number of hydrogen-bond donors (Lipinski definition) is 2. The molecule has 0 saturated heterocycles. The van der Waals surface area contributed by atoms with Crippen molar-refractivity contribution in [3.8, 4) is 5.75 Å². The average molecular weight is 236 g/mol. The second-order valence-electron chi connectivity index (χ2n) is 2.93. The van der Waals surface area contributed by atoms with Crippen molar-refractivity contribution in [3.05, 3.63) is 29.6 Å². The smallest absolute Gasteiger partial charge is 0.422 e. The highest BCUT2D eigenvalue weighted by Crippen LogP contribution is 2.23. The van der Waals surface area contributed by atoms with Crippen molar-refractivity contribution in [3.63, 3.8) is 0 Å². The van der Waals surface area contributed by atoms with E-state index in [0.717, 1.165) is 12.1 Å². The molecule has 0 aromatic heterocycles. The molecule has 0 aliphatic rings. The van der Waals surface area contributed by atoms with Crippen LogP contribution < -0.4 is 10.5 Å². The van der Waals surface area contributed by atoms with Gasteiger partial charge >= 0.3 is 6.18 Å². The maximum absolute atomic E-state index is 13.1. The maximum Gasteiger partial charge on any atom is 0.422 e. The van der Waals surface area contributed by atoms with E-state index in [-0.39, 0.29) is 0 Å². The fraction of sp³-hybridized carbons (Fsp3) is 0.222. The summed E-state index contributed by atoms with van der Waals surface area (Å²) in [4.78, 5) is 0. The van der Waals surface area contributed by atoms with Crippen LogP contribution in [0.3, 0.4) is 0 Å². The summed E-state index contributed by atoms with van der Waals surface area (Å²) in [6, 6.07) is 3.27. The summed E-state index contributed by atoms with van der Waals surface area (Å²) in [6.07, 6.45) is -4.53. The third-order valence-electron chi connectivity index (χ3n) is 1.64. The van der Waals surface area contributed by atoms with Gasteiger partial charge in [-0.25, -0.2) is 4.39 Å².